The third-order valence-electron chi connectivity index (χ3n) is 4.83. The molecule has 0 spiro atoms. The maximum absolute atomic E-state index is 13.1. The third kappa shape index (κ3) is 3.13. The molecule has 0 fully saturated rings. The molecule has 5 rings (SSSR count). The van der Waals surface area contributed by atoms with Crippen LogP contribution in [-0.2, 0) is 0 Å². The highest BCUT2D eigenvalue weighted by Gasteiger charge is 2.19. The minimum absolute atomic E-state index is 0.205. The van der Waals surface area contributed by atoms with Crippen molar-refractivity contribution in [2.24, 2.45) is 0 Å². The first kappa shape index (κ1) is 18.4. The number of benzene rings is 3. The molecule has 0 saturated heterocycles. The number of hydrogen-bond donors (Lipinski definition) is 0. The van der Waals surface area contributed by atoms with Gasteiger partial charge in [-0.05, 0) is 37.3 Å². The van der Waals surface area contributed by atoms with Crippen LogP contribution in [0.3, 0.4) is 0 Å². The summed E-state index contributed by atoms with van der Waals surface area (Å²) >= 11 is 3.51. The van der Waals surface area contributed by atoms with Crippen LogP contribution in [0.1, 0.15) is 5.56 Å². The van der Waals surface area contributed by atoms with Gasteiger partial charge in [-0.1, -0.05) is 69.1 Å². The number of nitrogens with zero attached hydrogens (tertiary/aromatic N) is 4. The highest BCUT2D eigenvalue weighted by molar-refractivity contribution is 9.10. The Balaban J connectivity index is 1.74. The van der Waals surface area contributed by atoms with Gasteiger partial charge in [-0.15, -0.1) is 0 Å². The van der Waals surface area contributed by atoms with Crippen molar-refractivity contribution in [3.05, 3.63) is 93.2 Å². The van der Waals surface area contributed by atoms with Crippen molar-refractivity contribution in [2.75, 3.05) is 0 Å². The van der Waals surface area contributed by atoms with E-state index >= 15 is 0 Å². The molecule has 0 aliphatic rings. The van der Waals surface area contributed by atoms with Crippen molar-refractivity contribution in [3.63, 3.8) is 0 Å². The molecule has 0 saturated carbocycles. The van der Waals surface area contributed by atoms with Gasteiger partial charge in [0.05, 0.1) is 11.1 Å². The Morgan fingerprint density at radius 2 is 1.60 bits per heavy atom. The normalized spacial score (nSPS) is 11.1. The minimum Gasteiger partial charge on any atom is -0.332 e. The molecular weight excluding hydrogens is 444 g/mol. The molecule has 0 unspecified atom stereocenters. The molecule has 0 aliphatic carbocycles. The molecule has 7 heteroatoms. The highest BCUT2D eigenvalue weighted by Crippen LogP contribution is 2.29. The molecule has 3 aromatic carbocycles. The lowest BCUT2D eigenvalue weighted by molar-refractivity contribution is 0.430. The summed E-state index contributed by atoms with van der Waals surface area (Å²) in [6.07, 6.45) is 0. The molecule has 0 radical (unpaired) electrons. The van der Waals surface area contributed by atoms with Crippen molar-refractivity contribution in [3.8, 4) is 28.7 Å². The van der Waals surface area contributed by atoms with E-state index in [0.29, 0.717) is 28.0 Å². The summed E-state index contributed by atoms with van der Waals surface area (Å²) in [5.74, 6) is 0.689. The van der Waals surface area contributed by atoms with Crippen molar-refractivity contribution in [1.29, 1.82) is 0 Å². The number of aromatic nitrogens is 4. The monoisotopic (exact) mass is 458 g/mol. The molecule has 0 bridgehead atoms. The second-order valence-corrected chi connectivity index (χ2v) is 7.70. The second-order valence-electron chi connectivity index (χ2n) is 6.85. The fourth-order valence-corrected chi connectivity index (χ4v) is 3.74. The van der Waals surface area contributed by atoms with Gasteiger partial charge < -0.3 is 4.52 Å². The predicted molar refractivity (Wildman–Crippen MR) is 119 cm³/mol. The summed E-state index contributed by atoms with van der Waals surface area (Å²) in [5, 5.41) is 9.91. The summed E-state index contributed by atoms with van der Waals surface area (Å²) in [4.78, 5) is 17.7. The van der Waals surface area contributed by atoms with Crippen LogP contribution in [0.2, 0.25) is 0 Å². The van der Waals surface area contributed by atoms with Gasteiger partial charge in [-0.3, -0.25) is 4.79 Å². The molecular formula is C23H15BrN4O2. The fourth-order valence-electron chi connectivity index (χ4n) is 3.28. The highest BCUT2D eigenvalue weighted by atomic mass is 79.9. The largest absolute Gasteiger partial charge is 0.332 e. The van der Waals surface area contributed by atoms with E-state index in [0.717, 1.165) is 15.6 Å². The smallest absolute Gasteiger partial charge is 0.279 e. The molecule has 30 heavy (non-hydrogen) atoms. The first-order valence-electron chi connectivity index (χ1n) is 9.30. The average molecular weight is 459 g/mol. The van der Waals surface area contributed by atoms with Crippen LogP contribution in [0, 0.1) is 6.92 Å². The lowest BCUT2D eigenvalue weighted by Crippen LogP contribution is -2.22. The van der Waals surface area contributed by atoms with Crippen LogP contribution >= 0.6 is 15.9 Å². The number of fused-ring (bicyclic) bond motifs is 1. The number of hydrogen-bond acceptors (Lipinski definition) is 5. The molecule has 0 amide bonds. The summed E-state index contributed by atoms with van der Waals surface area (Å²) in [6, 6.07) is 22.5. The minimum atomic E-state index is -0.205. The van der Waals surface area contributed by atoms with E-state index in [-0.39, 0.29) is 11.4 Å². The van der Waals surface area contributed by atoms with E-state index in [1.807, 2.05) is 73.7 Å². The van der Waals surface area contributed by atoms with Gasteiger partial charge in [0.1, 0.15) is 0 Å². The summed E-state index contributed by atoms with van der Waals surface area (Å²) in [6.45, 7) is 1.99. The van der Waals surface area contributed by atoms with Gasteiger partial charge in [-0.2, -0.15) is 14.8 Å². The molecule has 0 N–H and O–H groups in total. The Kier molecular flexibility index (Phi) is 4.52. The molecule has 2 aromatic heterocycles. The quantitative estimate of drug-likeness (QED) is 0.372. The topological polar surface area (TPSA) is 73.8 Å². The second kappa shape index (κ2) is 7.35. The van der Waals surface area contributed by atoms with Crippen molar-refractivity contribution < 1.29 is 4.52 Å². The van der Waals surface area contributed by atoms with E-state index in [1.54, 1.807) is 6.07 Å². The van der Waals surface area contributed by atoms with Crippen molar-refractivity contribution >= 4 is 26.7 Å². The van der Waals surface area contributed by atoms with E-state index in [1.165, 1.54) is 4.68 Å². The first-order chi connectivity index (χ1) is 14.6. The Morgan fingerprint density at radius 1 is 0.900 bits per heavy atom. The van der Waals surface area contributed by atoms with Crippen molar-refractivity contribution in [2.45, 2.75) is 6.92 Å². The van der Waals surface area contributed by atoms with Gasteiger partial charge in [0.15, 0.2) is 5.69 Å². The lowest BCUT2D eigenvalue weighted by Gasteiger charge is -2.09. The van der Waals surface area contributed by atoms with Gasteiger partial charge in [0.2, 0.25) is 5.82 Å². The van der Waals surface area contributed by atoms with E-state index in [4.69, 9.17) is 4.52 Å². The molecule has 0 atom stereocenters. The Bertz CT molecular complexity index is 1440. The maximum atomic E-state index is 13.1. The zero-order valence-corrected chi connectivity index (χ0v) is 17.5. The fraction of sp³-hybridized carbons (Fsp3) is 0.0435. The van der Waals surface area contributed by atoms with Crippen LogP contribution in [0.15, 0.2) is 86.6 Å². The van der Waals surface area contributed by atoms with Crippen LogP contribution in [-0.4, -0.2) is 19.9 Å². The number of aryl methyl sites for hydroxylation is 1. The Morgan fingerprint density at radius 3 is 2.37 bits per heavy atom. The molecule has 146 valence electrons. The Labute approximate surface area is 179 Å². The zero-order valence-electron chi connectivity index (χ0n) is 15.9. The van der Waals surface area contributed by atoms with E-state index in [2.05, 4.69) is 31.2 Å². The standard InChI is InChI=1S/C23H15BrN4O2/c1-14-10-12-15(13-11-14)28-23(29)17-7-3-2-6-16(17)20(26-28)22-25-21(27-30-22)18-8-4-5-9-19(18)24/h2-13H,1H3. The molecule has 5 aromatic rings. The van der Waals surface area contributed by atoms with E-state index < -0.39 is 0 Å². The van der Waals surface area contributed by atoms with E-state index in [9.17, 15) is 4.79 Å². The van der Waals surface area contributed by atoms with Crippen molar-refractivity contribution in [1.82, 2.24) is 19.9 Å². The summed E-state index contributed by atoms with van der Waals surface area (Å²) in [7, 11) is 0. The van der Waals surface area contributed by atoms with Crippen LogP contribution in [0.5, 0.6) is 0 Å². The van der Waals surface area contributed by atoms with Crippen LogP contribution in [0.4, 0.5) is 0 Å². The summed E-state index contributed by atoms with van der Waals surface area (Å²) < 4.78 is 7.79. The third-order valence-corrected chi connectivity index (χ3v) is 5.52. The Hall–Kier alpha value is -3.58. The average Bonchev–Trinajstić information content (AvgIpc) is 3.25. The maximum Gasteiger partial charge on any atom is 0.279 e. The number of halogens is 1. The molecule has 2 heterocycles. The number of rotatable bonds is 3. The SMILES string of the molecule is Cc1ccc(-n2nc(-c3nc(-c4ccccc4Br)no3)c3ccccc3c2=O)cc1. The summed E-state index contributed by atoms with van der Waals surface area (Å²) in [5.41, 5.74) is 2.83. The zero-order chi connectivity index (χ0) is 20.7. The molecule has 0 aliphatic heterocycles. The predicted octanol–water partition coefficient (Wildman–Crippen LogP) is 5.17. The van der Waals surface area contributed by atoms with Crippen LogP contribution in [0.25, 0.3) is 39.4 Å². The van der Waals surface area contributed by atoms with Gasteiger partial charge in [0.25, 0.3) is 11.4 Å². The van der Waals surface area contributed by atoms with Gasteiger partial charge >= 0.3 is 0 Å². The van der Waals surface area contributed by atoms with Gasteiger partial charge in [-0.25, -0.2) is 0 Å². The lowest BCUT2D eigenvalue weighted by atomic mass is 10.1. The molecule has 6 nitrogen and oxygen atoms in total. The van der Waals surface area contributed by atoms with Crippen LogP contribution < -0.4 is 5.56 Å². The van der Waals surface area contributed by atoms with Gasteiger partial charge in [0, 0.05) is 15.4 Å². The first-order valence-corrected chi connectivity index (χ1v) is 10.1.